The monoisotopic (exact) mass is 1460 g/mol. The van der Waals surface area contributed by atoms with Crippen LogP contribution in [0, 0.1) is 0 Å². The molecule has 0 aromatic heterocycles. The number of phosphoric acid groups is 2. The number of rotatable bonds is 77. The Bertz CT molecular complexity index is 2130. The van der Waals surface area contributed by atoms with Crippen molar-refractivity contribution in [1.29, 1.82) is 0 Å². The van der Waals surface area contributed by atoms with Crippen molar-refractivity contribution >= 4 is 39.5 Å². The molecule has 19 heteroatoms. The minimum Gasteiger partial charge on any atom is -0.462 e. The lowest BCUT2D eigenvalue weighted by Crippen LogP contribution is -2.30. The fraction of sp³-hybridized carbons (Fsp3) is 0.827. The van der Waals surface area contributed by atoms with Crippen molar-refractivity contribution in [3.8, 4) is 0 Å². The Morgan fingerprint density at radius 3 is 0.790 bits per heavy atom. The van der Waals surface area contributed by atoms with E-state index < -0.39 is 97.5 Å². The third-order valence-electron chi connectivity index (χ3n) is 17.5. The highest BCUT2D eigenvalue weighted by Gasteiger charge is 2.30. The highest BCUT2D eigenvalue weighted by atomic mass is 31.2. The number of hydrogen-bond donors (Lipinski definition) is 3. The Hall–Kier alpha value is -3.24. The molecule has 100 heavy (non-hydrogen) atoms. The summed E-state index contributed by atoms with van der Waals surface area (Å²) in [5.74, 6) is -2.17. The Kier molecular flexibility index (Phi) is 71.6. The third kappa shape index (κ3) is 73.1. The molecule has 0 aliphatic carbocycles. The van der Waals surface area contributed by atoms with Crippen LogP contribution >= 0.6 is 15.6 Å². The number of aliphatic hydroxyl groups is 1. The molecule has 0 heterocycles. The average molecular weight is 1460 g/mol. The predicted octanol–water partition coefficient (Wildman–Crippen LogP) is 23.5. The fourth-order valence-corrected chi connectivity index (χ4v) is 12.8. The summed E-state index contributed by atoms with van der Waals surface area (Å²) in [6.45, 7) is 4.87. The zero-order valence-corrected chi connectivity index (χ0v) is 65.7. The SMILES string of the molecule is CCCCC/C=C\C/C=C\C/C=C\CCCCCCCCC(=O)OCC(COP(=O)(O)OCC(O)COP(=O)(O)OCC(COC(=O)CCCCCCC/C=C\CCCCCCCC)OC(=O)CCCCCCCCCCCCCCC)OC(=O)CCCCCCC/C=C\CCCCCC. The Balaban J connectivity index is 5.31. The second kappa shape index (κ2) is 74.0. The minimum absolute atomic E-state index is 0.0854. The largest absolute Gasteiger partial charge is 0.472 e. The number of carbonyl (C=O) groups is 4. The van der Waals surface area contributed by atoms with Gasteiger partial charge in [-0.1, -0.05) is 294 Å². The molecule has 0 aliphatic heterocycles. The molecule has 584 valence electrons. The first-order valence-electron chi connectivity index (χ1n) is 40.5. The van der Waals surface area contributed by atoms with Crippen LogP contribution in [0.2, 0.25) is 0 Å². The second-order valence-electron chi connectivity index (χ2n) is 27.4. The predicted molar refractivity (Wildman–Crippen MR) is 409 cm³/mol. The van der Waals surface area contributed by atoms with E-state index in [4.69, 9.17) is 37.0 Å². The maximum Gasteiger partial charge on any atom is 0.472 e. The van der Waals surface area contributed by atoms with Crippen molar-refractivity contribution in [1.82, 2.24) is 0 Å². The number of phosphoric ester groups is 2. The van der Waals surface area contributed by atoms with Gasteiger partial charge in [-0.25, -0.2) is 9.13 Å². The molecule has 0 fully saturated rings. The highest BCUT2D eigenvalue weighted by molar-refractivity contribution is 7.47. The molecule has 0 saturated heterocycles. The quantitative estimate of drug-likeness (QED) is 0.0169. The lowest BCUT2D eigenvalue weighted by atomic mass is 10.0. The first-order valence-corrected chi connectivity index (χ1v) is 43.5. The first-order chi connectivity index (χ1) is 48.7. The molecule has 0 aliphatic rings. The number of carbonyl (C=O) groups excluding carboxylic acids is 4. The molecule has 0 aromatic carbocycles. The fourth-order valence-electron chi connectivity index (χ4n) is 11.2. The van der Waals surface area contributed by atoms with Gasteiger partial charge >= 0.3 is 39.5 Å². The summed E-state index contributed by atoms with van der Waals surface area (Å²) < 4.78 is 68.6. The van der Waals surface area contributed by atoms with E-state index in [2.05, 4.69) is 88.5 Å². The lowest BCUT2D eigenvalue weighted by molar-refractivity contribution is -0.161. The van der Waals surface area contributed by atoms with Gasteiger partial charge in [-0.3, -0.25) is 37.3 Å². The zero-order valence-electron chi connectivity index (χ0n) is 63.9. The van der Waals surface area contributed by atoms with Crippen LogP contribution in [-0.4, -0.2) is 96.7 Å². The van der Waals surface area contributed by atoms with Gasteiger partial charge in [0, 0.05) is 25.7 Å². The Morgan fingerprint density at radius 1 is 0.280 bits per heavy atom. The molecule has 5 unspecified atom stereocenters. The van der Waals surface area contributed by atoms with E-state index in [1.54, 1.807) is 0 Å². The van der Waals surface area contributed by atoms with Gasteiger partial charge < -0.3 is 33.8 Å². The van der Waals surface area contributed by atoms with Crippen molar-refractivity contribution in [2.75, 3.05) is 39.6 Å². The van der Waals surface area contributed by atoms with Crippen LogP contribution in [-0.2, 0) is 65.4 Å². The van der Waals surface area contributed by atoms with E-state index in [1.165, 1.54) is 135 Å². The summed E-state index contributed by atoms with van der Waals surface area (Å²) >= 11 is 0. The van der Waals surface area contributed by atoms with Crippen LogP contribution in [0.15, 0.2) is 60.8 Å². The van der Waals surface area contributed by atoms with Crippen molar-refractivity contribution in [3.63, 3.8) is 0 Å². The number of hydrogen-bond acceptors (Lipinski definition) is 15. The number of allylic oxidation sites excluding steroid dienone is 10. The molecule has 5 atom stereocenters. The molecular formula is C81H148O17P2. The molecule has 0 spiro atoms. The summed E-state index contributed by atoms with van der Waals surface area (Å²) in [5.41, 5.74) is 0. The summed E-state index contributed by atoms with van der Waals surface area (Å²) in [5, 5.41) is 10.6. The molecule has 0 saturated carbocycles. The molecule has 0 aromatic rings. The van der Waals surface area contributed by atoms with Crippen molar-refractivity contribution in [2.24, 2.45) is 0 Å². The van der Waals surface area contributed by atoms with Crippen LogP contribution in [0.4, 0.5) is 0 Å². The second-order valence-corrected chi connectivity index (χ2v) is 30.3. The summed E-state index contributed by atoms with van der Waals surface area (Å²) in [4.78, 5) is 73.0. The Morgan fingerprint density at radius 2 is 0.490 bits per heavy atom. The van der Waals surface area contributed by atoms with Gasteiger partial charge in [0.15, 0.2) is 12.2 Å². The normalized spacial score (nSPS) is 14.2. The molecule has 3 N–H and O–H groups in total. The van der Waals surface area contributed by atoms with Gasteiger partial charge in [0.25, 0.3) is 0 Å². The third-order valence-corrected chi connectivity index (χ3v) is 19.4. The number of unbranched alkanes of at least 4 members (excludes halogenated alkanes) is 41. The average Bonchev–Trinajstić information content (AvgIpc) is 0.935. The molecule has 17 nitrogen and oxygen atoms in total. The maximum absolute atomic E-state index is 13.1. The van der Waals surface area contributed by atoms with Crippen LogP contribution in [0.5, 0.6) is 0 Å². The van der Waals surface area contributed by atoms with E-state index in [0.717, 1.165) is 161 Å². The van der Waals surface area contributed by atoms with Crippen LogP contribution in [0.25, 0.3) is 0 Å². The summed E-state index contributed by atoms with van der Waals surface area (Å²) in [6.07, 6.45) is 73.3. The smallest absolute Gasteiger partial charge is 0.462 e. The van der Waals surface area contributed by atoms with Crippen molar-refractivity contribution in [2.45, 2.75) is 393 Å². The van der Waals surface area contributed by atoms with Crippen molar-refractivity contribution < 1.29 is 80.2 Å². The van der Waals surface area contributed by atoms with Gasteiger partial charge in [0.1, 0.15) is 19.3 Å². The van der Waals surface area contributed by atoms with E-state index in [9.17, 15) is 43.2 Å². The molecule has 0 bridgehead atoms. The van der Waals surface area contributed by atoms with Crippen molar-refractivity contribution in [3.05, 3.63) is 60.8 Å². The standard InChI is InChI=1S/C81H148O17P2/c1-5-9-13-17-21-25-29-33-35-36-37-38-40-44-46-50-54-58-62-66-79(84)92-72-77(98-81(86)68-64-60-56-52-48-42-32-28-24-20-16-12-8-4)74-96-100(89,90)94-70-75(82)69-93-99(87,88)95-73-76(97-80(85)67-63-59-55-51-47-41-31-27-23-19-15-11-7-3)71-91-78(83)65-61-57-53-49-45-43-39-34-30-26-22-18-14-10-6-2/h21,25,28,32-35,37-39,75-77,82H,5-20,22-24,26-27,29-31,36,40-74H2,1-4H3,(H,87,88)(H,89,90)/b25-21-,32-28-,35-33-,38-37-,39-34-. The topological polar surface area (TPSA) is 237 Å². The van der Waals surface area contributed by atoms with Gasteiger partial charge in [-0.15, -0.1) is 0 Å². The molecule has 0 radical (unpaired) electrons. The highest BCUT2D eigenvalue weighted by Crippen LogP contribution is 2.45. The van der Waals surface area contributed by atoms with E-state index in [-0.39, 0.29) is 25.7 Å². The zero-order chi connectivity index (χ0) is 73.2. The van der Waals surface area contributed by atoms with Crippen LogP contribution in [0.3, 0.4) is 0 Å². The molecular weight excluding hydrogens is 1310 g/mol. The number of esters is 4. The van der Waals surface area contributed by atoms with Crippen LogP contribution in [0.1, 0.15) is 374 Å². The first kappa shape index (κ1) is 96.8. The number of ether oxygens (including phenoxy) is 4. The number of aliphatic hydroxyl groups excluding tert-OH is 1. The van der Waals surface area contributed by atoms with Gasteiger partial charge in [0.05, 0.1) is 26.4 Å². The van der Waals surface area contributed by atoms with Gasteiger partial charge in [-0.2, -0.15) is 0 Å². The summed E-state index contributed by atoms with van der Waals surface area (Å²) in [6, 6.07) is 0. The lowest BCUT2D eigenvalue weighted by Gasteiger charge is -2.21. The van der Waals surface area contributed by atoms with E-state index >= 15 is 0 Å². The van der Waals surface area contributed by atoms with Gasteiger partial charge in [-0.05, 0) is 116 Å². The summed E-state index contributed by atoms with van der Waals surface area (Å²) in [7, 11) is -9.94. The molecule has 0 rings (SSSR count). The van der Waals surface area contributed by atoms with E-state index in [0.29, 0.717) is 25.7 Å². The Labute approximate surface area is 610 Å². The van der Waals surface area contributed by atoms with Crippen LogP contribution < -0.4 is 0 Å². The van der Waals surface area contributed by atoms with E-state index in [1.807, 2.05) is 0 Å². The minimum atomic E-state index is -4.97. The maximum atomic E-state index is 13.1. The molecule has 0 amide bonds. The van der Waals surface area contributed by atoms with Gasteiger partial charge in [0.2, 0.25) is 0 Å².